The van der Waals surface area contributed by atoms with Crippen LogP contribution in [0.1, 0.15) is 40.9 Å². The van der Waals surface area contributed by atoms with E-state index in [-0.39, 0.29) is 5.92 Å². The molecule has 3 aromatic carbocycles. The van der Waals surface area contributed by atoms with Crippen LogP contribution in [0, 0.1) is 0 Å². The molecule has 0 amide bonds. The SMILES string of the molecule is CCc1cc(C2C=C(c3ccc4cc[nH]c4c3)c3ccc(-c4ccc(OC)cc4)cc32)ncn1. The van der Waals surface area contributed by atoms with Crippen molar-refractivity contribution in [1.82, 2.24) is 15.0 Å². The van der Waals surface area contributed by atoms with E-state index >= 15 is 0 Å². The fourth-order valence-corrected chi connectivity index (χ4v) is 4.86. The van der Waals surface area contributed by atoms with Crippen LogP contribution in [0.15, 0.2) is 91.4 Å². The van der Waals surface area contributed by atoms with Crippen molar-refractivity contribution in [3.8, 4) is 16.9 Å². The number of H-pyrrole nitrogens is 1. The normalized spacial score (nSPS) is 14.8. The Kier molecular flexibility index (Phi) is 4.99. The van der Waals surface area contributed by atoms with Crippen molar-refractivity contribution in [2.75, 3.05) is 7.11 Å². The van der Waals surface area contributed by atoms with Gasteiger partial charge in [0.05, 0.1) is 12.8 Å². The standard InChI is InChI=1S/C30H25N3O/c1-3-23-16-30(33-18-32-23)28-17-26(22-5-4-20-12-13-31-29(20)15-22)25-11-8-21(14-27(25)28)19-6-9-24(34-2)10-7-19/h4-18,28,31H,3H2,1-2H3. The Bertz CT molecular complexity index is 1530. The van der Waals surface area contributed by atoms with Crippen molar-refractivity contribution >= 4 is 16.5 Å². The molecule has 0 saturated heterocycles. The summed E-state index contributed by atoms with van der Waals surface area (Å²) in [5, 5.41) is 1.22. The first-order valence-corrected chi connectivity index (χ1v) is 11.6. The molecule has 0 radical (unpaired) electrons. The van der Waals surface area contributed by atoms with E-state index in [2.05, 4.69) is 88.6 Å². The zero-order valence-electron chi connectivity index (χ0n) is 19.2. The van der Waals surface area contributed by atoms with Crippen LogP contribution in [0.5, 0.6) is 5.75 Å². The number of hydrogen-bond donors (Lipinski definition) is 1. The molecule has 0 spiro atoms. The predicted molar refractivity (Wildman–Crippen MR) is 137 cm³/mol. The smallest absolute Gasteiger partial charge is 0.118 e. The number of ether oxygens (including phenoxy) is 1. The monoisotopic (exact) mass is 443 g/mol. The second-order valence-corrected chi connectivity index (χ2v) is 8.66. The lowest BCUT2D eigenvalue weighted by Gasteiger charge is -2.14. The molecule has 0 aliphatic heterocycles. The summed E-state index contributed by atoms with van der Waals surface area (Å²) in [5.41, 5.74) is 10.6. The molecule has 1 aliphatic rings. The maximum Gasteiger partial charge on any atom is 0.118 e. The molecule has 1 unspecified atom stereocenters. The number of nitrogens with zero attached hydrogens (tertiary/aromatic N) is 2. The first-order chi connectivity index (χ1) is 16.7. The first-order valence-electron chi connectivity index (χ1n) is 11.6. The van der Waals surface area contributed by atoms with Crippen LogP contribution in [0.4, 0.5) is 0 Å². The molecular weight excluding hydrogens is 418 g/mol. The lowest BCUT2D eigenvalue weighted by Crippen LogP contribution is -2.02. The Hall–Kier alpha value is -4.18. The van der Waals surface area contributed by atoms with Crippen LogP contribution >= 0.6 is 0 Å². The van der Waals surface area contributed by atoms with Gasteiger partial charge in [0.15, 0.2) is 0 Å². The van der Waals surface area contributed by atoms with Crippen molar-refractivity contribution in [3.05, 3.63) is 119 Å². The minimum Gasteiger partial charge on any atom is -0.497 e. The Morgan fingerprint density at radius 2 is 1.68 bits per heavy atom. The highest BCUT2D eigenvalue weighted by atomic mass is 16.5. The number of methoxy groups -OCH3 is 1. The van der Waals surface area contributed by atoms with E-state index in [1.807, 2.05) is 18.3 Å². The van der Waals surface area contributed by atoms with E-state index in [4.69, 9.17) is 4.74 Å². The Labute approximate surface area is 199 Å². The molecule has 2 aromatic heterocycles. The molecule has 1 aliphatic carbocycles. The van der Waals surface area contributed by atoms with Gasteiger partial charge in [0.25, 0.3) is 0 Å². The number of nitrogens with one attached hydrogen (secondary N) is 1. The zero-order chi connectivity index (χ0) is 23.1. The van der Waals surface area contributed by atoms with Crippen LogP contribution in [-0.4, -0.2) is 22.1 Å². The predicted octanol–water partition coefficient (Wildman–Crippen LogP) is 6.77. The summed E-state index contributed by atoms with van der Waals surface area (Å²) in [6.45, 7) is 2.13. The van der Waals surface area contributed by atoms with Crippen molar-refractivity contribution in [1.29, 1.82) is 0 Å². The van der Waals surface area contributed by atoms with Gasteiger partial charge < -0.3 is 9.72 Å². The molecule has 4 nitrogen and oxygen atoms in total. The fraction of sp³-hybridized carbons (Fsp3) is 0.133. The van der Waals surface area contributed by atoms with E-state index in [9.17, 15) is 0 Å². The number of benzene rings is 3. The fourth-order valence-electron chi connectivity index (χ4n) is 4.86. The van der Waals surface area contributed by atoms with Gasteiger partial charge >= 0.3 is 0 Å². The Morgan fingerprint density at radius 3 is 2.50 bits per heavy atom. The van der Waals surface area contributed by atoms with Crippen LogP contribution < -0.4 is 4.74 Å². The summed E-state index contributed by atoms with van der Waals surface area (Å²) in [5.74, 6) is 0.940. The highest BCUT2D eigenvalue weighted by Crippen LogP contribution is 2.44. The minimum atomic E-state index is 0.0795. The molecule has 0 saturated carbocycles. The molecule has 4 heteroatoms. The van der Waals surface area contributed by atoms with Gasteiger partial charge in [-0.2, -0.15) is 0 Å². The highest BCUT2D eigenvalue weighted by Gasteiger charge is 2.27. The van der Waals surface area contributed by atoms with Crippen LogP contribution in [-0.2, 0) is 6.42 Å². The second kappa shape index (κ2) is 8.31. The third-order valence-electron chi connectivity index (χ3n) is 6.73. The number of rotatable bonds is 5. The van der Waals surface area contributed by atoms with E-state index in [1.54, 1.807) is 13.4 Å². The molecule has 2 heterocycles. The lowest BCUT2D eigenvalue weighted by molar-refractivity contribution is 0.415. The van der Waals surface area contributed by atoms with Crippen molar-refractivity contribution in [2.24, 2.45) is 0 Å². The number of allylic oxidation sites excluding steroid dienone is 1. The summed E-state index contributed by atoms with van der Waals surface area (Å²) >= 11 is 0. The van der Waals surface area contributed by atoms with Gasteiger partial charge in [-0.05, 0) is 81.6 Å². The average molecular weight is 444 g/mol. The molecule has 34 heavy (non-hydrogen) atoms. The summed E-state index contributed by atoms with van der Waals surface area (Å²) in [6, 6.07) is 25.9. The van der Waals surface area contributed by atoms with Gasteiger partial charge in [-0.1, -0.05) is 49.4 Å². The van der Waals surface area contributed by atoms with Crippen molar-refractivity contribution < 1.29 is 4.74 Å². The minimum absolute atomic E-state index is 0.0795. The van der Waals surface area contributed by atoms with Gasteiger partial charge in [0, 0.05) is 23.3 Å². The maximum atomic E-state index is 5.34. The van der Waals surface area contributed by atoms with E-state index < -0.39 is 0 Å². The second-order valence-electron chi connectivity index (χ2n) is 8.66. The van der Waals surface area contributed by atoms with Gasteiger partial charge in [-0.15, -0.1) is 0 Å². The molecule has 166 valence electrons. The lowest BCUT2D eigenvalue weighted by atomic mass is 9.92. The number of aryl methyl sites for hydroxylation is 1. The topological polar surface area (TPSA) is 50.8 Å². The van der Waals surface area contributed by atoms with Crippen molar-refractivity contribution in [3.63, 3.8) is 0 Å². The maximum absolute atomic E-state index is 5.34. The van der Waals surface area contributed by atoms with Crippen LogP contribution in [0.3, 0.4) is 0 Å². The highest BCUT2D eigenvalue weighted by molar-refractivity contribution is 5.92. The van der Waals surface area contributed by atoms with E-state index in [0.717, 1.165) is 29.1 Å². The number of fused-ring (bicyclic) bond motifs is 2. The van der Waals surface area contributed by atoms with Crippen molar-refractivity contribution in [2.45, 2.75) is 19.3 Å². The number of aromatic nitrogens is 3. The van der Waals surface area contributed by atoms with Gasteiger partial charge in [0.1, 0.15) is 12.1 Å². The molecule has 0 bridgehead atoms. The van der Waals surface area contributed by atoms with Gasteiger partial charge in [-0.3, -0.25) is 0 Å². The molecule has 6 rings (SSSR count). The Morgan fingerprint density at radius 1 is 0.853 bits per heavy atom. The van der Waals surface area contributed by atoms with Gasteiger partial charge in [-0.25, -0.2) is 9.97 Å². The molecule has 0 fully saturated rings. The molecule has 1 N–H and O–H groups in total. The quantitative estimate of drug-likeness (QED) is 0.326. The van der Waals surface area contributed by atoms with E-state index in [0.29, 0.717) is 0 Å². The summed E-state index contributed by atoms with van der Waals surface area (Å²) in [7, 11) is 1.69. The van der Waals surface area contributed by atoms with Gasteiger partial charge in [0.2, 0.25) is 0 Å². The summed E-state index contributed by atoms with van der Waals surface area (Å²) < 4.78 is 5.34. The largest absolute Gasteiger partial charge is 0.497 e. The third kappa shape index (κ3) is 3.48. The van der Waals surface area contributed by atoms with E-state index in [1.165, 1.54) is 38.8 Å². The van der Waals surface area contributed by atoms with Crippen LogP contribution in [0.25, 0.3) is 27.6 Å². The molecule has 1 atom stereocenters. The zero-order valence-corrected chi connectivity index (χ0v) is 19.2. The van der Waals surface area contributed by atoms with Crippen LogP contribution in [0.2, 0.25) is 0 Å². The Balaban J connectivity index is 1.50. The molecular formula is C30H25N3O. The summed E-state index contributed by atoms with van der Waals surface area (Å²) in [4.78, 5) is 12.5. The third-order valence-corrected chi connectivity index (χ3v) is 6.73. The average Bonchev–Trinajstić information content (AvgIpc) is 3.52. The molecule has 5 aromatic rings. The summed E-state index contributed by atoms with van der Waals surface area (Å²) in [6.07, 6.45) is 6.93. The first kappa shape index (κ1) is 20.4. The number of hydrogen-bond acceptors (Lipinski definition) is 3. The number of aromatic amines is 1.